The van der Waals surface area contributed by atoms with E-state index in [1.807, 2.05) is 6.07 Å². The van der Waals surface area contributed by atoms with Gasteiger partial charge in [0.25, 0.3) is 0 Å². The monoisotopic (exact) mass is 277 g/mol. The molecule has 0 saturated carbocycles. The van der Waals surface area contributed by atoms with E-state index in [9.17, 15) is 14.7 Å². The summed E-state index contributed by atoms with van der Waals surface area (Å²) in [5.74, 6) is -1.54. The van der Waals surface area contributed by atoms with Gasteiger partial charge in [0.2, 0.25) is 0 Å². The van der Waals surface area contributed by atoms with Crippen LogP contribution in [0, 0.1) is 0 Å². The number of carboxylic acids is 1. The molecular weight excluding hydrogens is 265 g/mol. The molecule has 0 bridgehead atoms. The molecule has 0 radical (unpaired) electrons. The summed E-state index contributed by atoms with van der Waals surface area (Å²) in [7, 11) is 0. The molecule has 1 unspecified atom stereocenters. The van der Waals surface area contributed by atoms with E-state index >= 15 is 0 Å². The molecule has 20 heavy (non-hydrogen) atoms. The first-order valence-electron chi connectivity index (χ1n) is 5.76. The molecule has 0 aliphatic carbocycles. The van der Waals surface area contributed by atoms with Gasteiger partial charge in [-0.2, -0.15) is 0 Å². The van der Waals surface area contributed by atoms with Crippen LogP contribution in [0.3, 0.4) is 0 Å². The van der Waals surface area contributed by atoms with Crippen LogP contribution in [-0.2, 0) is 4.79 Å². The van der Waals surface area contributed by atoms with Crippen molar-refractivity contribution < 1.29 is 44.3 Å². The number of rotatable bonds is 4. The minimum absolute atomic E-state index is 0. The average molecular weight is 277 g/mol. The molecule has 1 atom stereocenters. The number of benzene rings is 2. The van der Waals surface area contributed by atoms with Gasteiger partial charge in [-0.1, -0.05) is 48.5 Å². The van der Waals surface area contributed by atoms with Gasteiger partial charge < -0.3 is 15.6 Å². The molecule has 0 aliphatic heterocycles. The van der Waals surface area contributed by atoms with Crippen molar-refractivity contribution >= 4 is 11.8 Å². The SMILES string of the molecule is NC(C(=O)[O-])c1cccc(C(=O)c2ccccc2)c1.[Na+]. The van der Waals surface area contributed by atoms with Crippen LogP contribution in [-0.4, -0.2) is 11.8 Å². The Hall–Kier alpha value is -1.46. The second-order valence-corrected chi connectivity index (χ2v) is 4.12. The third kappa shape index (κ3) is 3.77. The Morgan fingerprint density at radius 1 is 0.950 bits per heavy atom. The summed E-state index contributed by atoms with van der Waals surface area (Å²) in [6.45, 7) is 0. The molecule has 2 aromatic rings. The molecule has 4 nitrogen and oxygen atoms in total. The number of nitrogens with two attached hydrogens (primary N) is 1. The zero-order valence-electron chi connectivity index (χ0n) is 11.1. The van der Waals surface area contributed by atoms with Crippen LogP contribution in [0.4, 0.5) is 0 Å². The maximum Gasteiger partial charge on any atom is 1.00 e. The number of ketones is 1. The average Bonchev–Trinajstić information content (AvgIpc) is 2.46. The van der Waals surface area contributed by atoms with E-state index in [0.717, 1.165) is 0 Å². The smallest absolute Gasteiger partial charge is 0.548 e. The first-order chi connectivity index (χ1) is 9.09. The van der Waals surface area contributed by atoms with Gasteiger partial charge in [-0.3, -0.25) is 4.79 Å². The second-order valence-electron chi connectivity index (χ2n) is 4.12. The third-order valence-electron chi connectivity index (χ3n) is 2.80. The number of carboxylic acid groups (broad SMARTS) is 1. The predicted octanol–water partition coefficient (Wildman–Crippen LogP) is -2.33. The summed E-state index contributed by atoms with van der Waals surface area (Å²) >= 11 is 0. The largest absolute Gasteiger partial charge is 1.00 e. The fraction of sp³-hybridized carbons (Fsp3) is 0.0667. The maximum atomic E-state index is 12.2. The topological polar surface area (TPSA) is 83.2 Å². The molecule has 0 spiro atoms. The van der Waals surface area contributed by atoms with Crippen molar-refractivity contribution in [1.29, 1.82) is 0 Å². The zero-order chi connectivity index (χ0) is 13.8. The van der Waals surface area contributed by atoms with E-state index in [1.54, 1.807) is 42.5 Å². The van der Waals surface area contributed by atoms with Gasteiger partial charge in [-0.05, 0) is 11.6 Å². The fourth-order valence-corrected chi connectivity index (χ4v) is 1.77. The molecule has 0 aromatic heterocycles. The van der Waals surface area contributed by atoms with E-state index in [-0.39, 0.29) is 35.3 Å². The summed E-state index contributed by atoms with van der Waals surface area (Å²) in [5, 5.41) is 10.7. The summed E-state index contributed by atoms with van der Waals surface area (Å²) in [4.78, 5) is 22.9. The van der Waals surface area contributed by atoms with Crippen LogP contribution in [0.1, 0.15) is 27.5 Å². The normalized spacial score (nSPS) is 11.2. The van der Waals surface area contributed by atoms with Crippen LogP contribution in [0.15, 0.2) is 54.6 Å². The van der Waals surface area contributed by atoms with Crippen molar-refractivity contribution in [3.05, 3.63) is 71.3 Å². The van der Waals surface area contributed by atoms with Crippen LogP contribution in [0.2, 0.25) is 0 Å². The molecule has 2 aromatic carbocycles. The Bertz CT molecular complexity index is 614. The van der Waals surface area contributed by atoms with Gasteiger partial charge in [0, 0.05) is 11.1 Å². The molecular formula is C15H12NNaO3. The Balaban J connectivity index is 0.00000200. The van der Waals surface area contributed by atoms with Gasteiger partial charge in [0.15, 0.2) is 5.78 Å². The summed E-state index contributed by atoms with van der Waals surface area (Å²) in [6.07, 6.45) is 0. The van der Waals surface area contributed by atoms with E-state index in [2.05, 4.69) is 0 Å². The minimum Gasteiger partial charge on any atom is -0.548 e. The molecule has 2 N–H and O–H groups in total. The van der Waals surface area contributed by atoms with Gasteiger partial charge in [0.05, 0.1) is 12.0 Å². The molecule has 0 heterocycles. The maximum absolute atomic E-state index is 12.2. The molecule has 0 saturated heterocycles. The van der Waals surface area contributed by atoms with E-state index < -0.39 is 12.0 Å². The standard InChI is InChI=1S/C15H13NO3.Na/c16-13(15(18)19)11-7-4-8-12(9-11)14(17)10-5-2-1-3-6-10;/h1-9,13H,16H2,(H,18,19);/q;+1/p-1. The summed E-state index contributed by atoms with van der Waals surface area (Å²) in [5.41, 5.74) is 6.77. The predicted molar refractivity (Wildman–Crippen MR) is 68.3 cm³/mol. The van der Waals surface area contributed by atoms with Gasteiger partial charge in [0.1, 0.15) is 0 Å². The molecule has 2 rings (SSSR count). The number of carbonyl (C=O) groups excluding carboxylic acids is 2. The van der Waals surface area contributed by atoms with Gasteiger partial charge in [-0.25, -0.2) is 0 Å². The Morgan fingerprint density at radius 3 is 2.15 bits per heavy atom. The van der Waals surface area contributed by atoms with Crippen LogP contribution in [0.25, 0.3) is 0 Å². The molecule has 0 amide bonds. The van der Waals surface area contributed by atoms with Crippen LogP contribution >= 0.6 is 0 Å². The second kappa shape index (κ2) is 7.36. The number of hydrogen-bond donors (Lipinski definition) is 1. The van der Waals surface area contributed by atoms with E-state index in [1.165, 1.54) is 6.07 Å². The van der Waals surface area contributed by atoms with E-state index in [4.69, 9.17) is 5.73 Å². The first-order valence-corrected chi connectivity index (χ1v) is 5.76. The Morgan fingerprint density at radius 2 is 1.55 bits per heavy atom. The zero-order valence-corrected chi connectivity index (χ0v) is 13.1. The molecule has 0 aliphatic rings. The third-order valence-corrected chi connectivity index (χ3v) is 2.80. The number of carbonyl (C=O) groups is 2. The quantitative estimate of drug-likeness (QED) is 0.502. The van der Waals surface area contributed by atoms with Crippen LogP contribution in [0.5, 0.6) is 0 Å². The number of hydrogen-bond acceptors (Lipinski definition) is 4. The summed E-state index contributed by atoms with van der Waals surface area (Å²) in [6, 6.07) is 13.8. The molecule has 0 fully saturated rings. The van der Waals surface area contributed by atoms with Crippen molar-refractivity contribution in [2.24, 2.45) is 5.73 Å². The van der Waals surface area contributed by atoms with Gasteiger partial charge in [-0.15, -0.1) is 0 Å². The Labute approximate surface area is 138 Å². The van der Waals surface area contributed by atoms with Gasteiger partial charge >= 0.3 is 29.6 Å². The molecule has 5 heteroatoms. The first kappa shape index (κ1) is 16.6. The number of aliphatic carboxylic acids is 1. The van der Waals surface area contributed by atoms with Crippen molar-refractivity contribution in [2.45, 2.75) is 6.04 Å². The minimum atomic E-state index is -1.37. The van der Waals surface area contributed by atoms with Crippen molar-refractivity contribution in [2.75, 3.05) is 0 Å². The fourth-order valence-electron chi connectivity index (χ4n) is 1.77. The Kier molecular flexibility index (Phi) is 6.10. The van der Waals surface area contributed by atoms with E-state index in [0.29, 0.717) is 16.7 Å². The van der Waals surface area contributed by atoms with Crippen molar-refractivity contribution in [1.82, 2.24) is 0 Å². The van der Waals surface area contributed by atoms with Crippen LogP contribution < -0.4 is 40.4 Å². The summed E-state index contributed by atoms with van der Waals surface area (Å²) < 4.78 is 0. The molecule has 96 valence electrons. The van der Waals surface area contributed by atoms with Crippen molar-refractivity contribution in [3.63, 3.8) is 0 Å². The van der Waals surface area contributed by atoms with Crippen molar-refractivity contribution in [3.8, 4) is 0 Å².